The van der Waals surface area contributed by atoms with E-state index in [-0.39, 0.29) is 17.1 Å². The molecule has 0 aliphatic heterocycles. The summed E-state index contributed by atoms with van der Waals surface area (Å²) >= 11 is 0. The maximum Gasteiger partial charge on any atom is 0.416 e. The van der Waals surface area contributed by atoms with Crippen molar-refractivity contribution >= 4 is 6.29 Å². The third kappa shape index (κ3) is 2.77. The van der Waals surface area contributed by atoms with E-state index in [1.807, 2.05) is 0 Å². The lowest BCUT2D eigenvalue weighted by Crippen LogP contribution is -2.07. The maximum atomic E-state index is 13.0. The van der Waals surface area contributed by atoms with Crippen LogP contribution in [0.25, 0.3) is 17.0 Å². The fraction of sp³-hybridized carbons (Fsp3) is 0.125. The van der Waals surface area contributed by atoms with Crippen molar-refractivity contribution in [1.82, 2.24) is 9.55 Å². The van der Waals surface area contributed by atoms with Gasteiger partial charge in [0, 0.05) is 18.0 Å². The number of aldehydes is 1. The van der Waals surface area contributed by atoms with Gasteiger partial charge in [-0.3, -0.25) is 4.79 Å². The van der Waals surface area contributed by atoms with E-state index in [1.54, 1.807) is 23.9 Å². The third-order valence-electron chi connectivity index (χ3n) is 3.42. The molecule has 7 heteroatoms. The predicted octanol–water partition coefficient (Wildman–Crippen LogP) is 4.27. The quantitative estimate of drug-likeness (QED) is 0.677. The van der Waals surface area contributed by atoms with Crippen LogP contribution in [0.4, 0.5) is 13.2 Å². The summed E-state index contributed by atoms with van der Waals surface area (Å²) in [5.74, 6) is 0.847. The van der Waals surface area contributed by atoms with Gasteiger partial charge in [0.1, 0.15) is 11.6 Å². The molecule has 2 aromatic heterocycles. The minimum Gasteiger partial charge on any atom is -0.453 e. The fourth-order valence-electron chi connectivity index (χ4n) is 2.31. The zero-order valence-corrected chi connectivity index (χ0v) is 12.0. The molecule has 4 nitrogen and oxygen atoms in total. The highest BCUT2D eigenvalue weighted by Gasteiger charge is 2.31. The van der Waals surface area contributed by atoms with Crippen molar-refractivity contribution in [3.8, 4) is 17.0 Å². The Kier molecular flexibility index (Phi) is 3.55. The van der Waals surface area contributed by atoms with Gasteiger partial charge in [-0.25, -0.2) is 4.98 Å². The van der Waals surface area contributed by atoms with Gasteiger partial charge in [-0.2, -0.15) is 13.2 Å². The van der Waals surface area contributed by atoms with Crippen LogP contribution in [0.15, 0.2) is 47.1 Å². The highest BCUT2D eigenvalue weighted by Crippen LogP contribution is 2.36. The van der Waals surface area contributed by atoms with Gasteiger partial charge in [0.25, 0.3) is 0 Å². The number of carbonyl (C=O) groups is 1. The zero-order valence-electron chi connectivity index (χ0n) is 12.0. The Labute approximate surface area is 129 Å². The Balaban J connectivity index is 2.23. The van der Waals surface area contributed by atoms with Gasteiger partial charge in [-0.15, -0.1) is 0 Å². The molecule has 0 N–H and O–H groups in total. The monoisotopic (exact) mass is 320 g/mol. The lowest BCUT2D eigenvalue weighted by atomic mass is 10.1. The van der Waals surface area contributed by atoms with E-state index in [2.05, 4.69) is 4.98 Å². The molecule has 23 heavy (non-hydrogen) atoms. The standard InChI is InChI=1S/C16H11F3N2O2/c1-10-20-6-7-21(10)14-4-2-11(16(17,18)19)8-13(14)15-5-3-12(9-22)23-15/h2-9H,1H3. The van der Waals surface area contributed by atoms with Crippen LogP contribution in [0.1, 0.15) is 21.9 Å². The topological polar surface area (TPSA) is 48.0 Å². The Morgan fingerprint density at radius 3 is 2.57 bits per heavy atom. The van der Waals surface area contributed by atoms with Crippen molar-refractivity contribution in [2.24, 2.45) is 0 Å². The molecule has 3 rings (SSSR count). The SMILES string of the molecule is Cc1nccn1-c1ccc(C(F)(F)F)cc1-c1ccc(C=O)o1. The minimum absolute atomic E-state index is 0.0470. The first-order valence-electron chi connectivity index (χ1n) is 6.67. The number of imidazole rings is 1. The molecule has 0 atom stereocenters. The molecule has 2 heterocycles. The van der Waals surface area contributed by atoms with Crippen LogP contribution in [0.5, 0.6) is 0 Å². The number of rotatable bonds is 3. The van der Waals surface area contributed by atoms with Gasteiger partial charge in [0.05, 0.1) is 11.3 Å². The lowest BCUT2D eigenvalue weighted by Gasteiger charge is -2.14. The summed E-state index contributed by atoms with van der Waals surface area (Å²) in [5, 5.41) is 0. The van der Waals surface area contributed by atoms with E-state index in [9.17, 15) is 18.0 Å². The van der Waals surface area contributed by atoms with E-state index < -0.39 is 11.7 Å². The van der Waals surface area contributed by atoms with Crippen LogP contribution < -0.4 is 0 Å². The lowest BCUT2D eigenvalue weighted by molar-refractivity contribution is -0.137. The molecule has 0 spiro atoms. The second-order valence-electron chi connectivity index (χ2n) is 4.89. The van der Waals surface area contributed by atoms with Crippen LogP contribution in [-0.4, -0.2) is 15.8 Å². The molecule has 0 aliphatic rings. The highest BCUT2D eigenvalue weighted by atomic mass is 19.4. The number of aryl methyl sites for hydroxylation is 1. The van der Waals surface area contributed by atoms with Crippen molar-refractivity contribution in [2.75, 3.05) is 0 Å². The molecule has 118 valence electrons. The van der Waals surface area contributed by atoms with Gasteiger partial charge in [0.2, 0.25) is 0 Å². The van der Waals surface area contributed by atoms with E-state index in [4.69, 9.17) is 4.42 Å². The first-order chi connectivity index (χ1) is 10.9. The highest BCUT2D eigenvalue weighted by molar-refractivity contribution is 5.75. The van der Waals surface area contributed by atoms with Crippen molar-refractivity contribution in [2.45, 2.75) is 13.1 Å². The number of hydrogen-bond acceptors (Lipinski definition) is 3. The summed E-state index contributed by atoms with van der Waals surface area (Å²) in [6.45, 7) is 1.74. The first-order valence-corrected chi connectivity index (χ1v) is 6.67. The number of halogens is 3. The summed E-state index contributed by atoms with van der Waals surface area (Å²) in [4.78, 5) is 14.8. The molecule has 0 saturated carbocycles. The van der Waals surface area contributed by atoms with Crippen LogP contribution in [-0.2, 0) is 6.18 Å². The molecule has 0 radical (unpaired) electrons. The maximum absolute atomic E-state index is 13.0. The Morgan fingerprint density at radius 1 is 1.22 bits per heavy atom. The number of alkyl halides is 3. The summed E-state index contributed by atoms with van der Waals surface area (Å²) < 4.78 is 46.0. The van der Waals surface area contributed by atoms with Crippen molar-refractivity contribution < 1.29 is 22.4 Å². The molecule has 1 aromatic carbocycles. The average Bonchev–Trinajstić information content (AvgIpc) is 3.14. The molecule has 0 aliphatic carbocycles. The van der Waals surface area contributed by atoms with Gasteiger partial charge in [0.15, 0.2) is 12.0 Å². The van der Waals surface area contributed by atoms with E-state index in [0.717, 1.165) is 12.1 Å². The predicted molar refractivity (Wildman–Crippen MR) is 76.4 cm³/mol. The molecule has 0 unspecified atom stereocenters. The summed E-state index contributed by atoms with van der Waals surface area (Å²) in [6, 6.07) is 6.24. The van der Waals surface area contributed by atoms with Crippen LogP contribution in [0, 0.1) is 6.92 Å². The Hall–Kier alpha value is -2.83. The van der Waals surface area contributed by atoms with Gasteiger partial charge >= 0.3 is 6.18 Å². The van der Waals surface area contributed by atoms with Crippen LogP contribution in [0.3, 0.4) is 0 Å². The second-order valence-corrected chi connectivity index (χ2v) is 4.89. The Bertz CT molecular complexity index is 862. The number of furan rings is 1. The second kappa shape index (κ2) is 5.42. The van der Waals surface area contributed by atoms with Crippen LogP contribution >= 0.6 is 0 Å². The fourth-order valence-corrected chi connectivity index (χ4v) is 2.31. The number of aromatic nitrogens is 2. The van der Waals surface area contributed by atoms with Crippen molar-refractivity contribution in [1.29, 1.82) is 0 Å². The van der Waals surface area contributed by atoms with Crippen LogP contribution in [0.2, 0.25) is 0 Å². The number of benzene rings is 1. The first kappa shape index (κ1) is 15.1. The minimum atomic E-state index is -4.47. The van der Waals surface area contributed by atoms with Gasteiger partial charge in [-0.1, -0.05) is 0 Å². The summed E-state index contributed by atoms with van der Waals surface area (Å²) in [5.41, 5.74) is -0.0769. The third-order valence-corrected chi connectivity index (χ3v) is 3.42. The number of carbonyl (C=O) groups excluding carboxylic acids is 1. The Morgan fingerprint density at radius 2 is 2.00 bits per heavy atom. The summed E-state index contributed by atoms with van der Waals surface area (Å²) in [7, 11) is 0. The largest absolute Gasteiger partial charge is 0.453 e. The molecule has 3 aromatic rings. The molecule has 0 saturated heterocycles. The molecular weight excluding hydrogens is 309 g/mol. The smallest absolute Gasteiger partial charge is 0.416 e. The number of hydrogen-bond donors (Lipinski definition) is 0. The molecule has 0 amide bonds. The average molecular weight is 320 g/mol. The summed E-state index contributed by atoms with van der Waals surface area (Å²) in [6.07, 6.45) is -0.780. The number of nitrogens with zero attached hydrogens (tertiary/aromatic N) is 2. The molecule has 0 bridgehead atoms. The van der Waals surface area contributed by atoms with E-state index in [0.29, 0.717) is 17.8 Å². The van der Waals surface area contributed by atoms with Crippen molar-refractivity contribution in [3.05, 3.63) is 59.9 Å². The van der Waals surface area contributed by atoms with E-state index in [1.165, 1.54) is 18.2 Å². The zero-order chi connectivity index (χ0) is 16.6. The molecule has 0 fully saturated rings. The van der Waals surface area contributed by atoms with Crippen molar-refractivity contribution in [3.63, 3.8) is 0 Å². The normalized spacial score (nSPS) is 11.7. The van der Waals surface area contributed by atoms with Gasteiger partial charge < -0.3 is 8.98 Å². The van der Waals surface area contributed by atoms with E-state index >= 15 is 0 Å². The molecular formula is C16H11F3N2O2. The van der Waals surface area contributed by atoms with Gasteiger partial charge in [-0.05, 0) is 37.3 Å².